The number of carbonyl (C=O) groups excluding carboxylic acids is 2. The number of amides is 1. The Kier molecular flexibility index (Phi) is 4.34. The first-order chi connectivity index (χ1) is 9.52. The third-order valence-electron chi connectivity index (χ3n) is 2.71. The lowest BCUT2D eigenvalue weighted by Gasteiger charge is -2.11. The van der Waals surface area contributed by atoms with E-state index in [1.807, 2.05) is 0 Å². The number of carbonyl (C=O) groups is 2. The van der Waals surface area contributed by atoms with Gasteiger partial charge in [0.2, 0.25) is 0 Å². The highest BCUT2D eigenvalue weighted by atomic mass is 32.1. The van der Waals surface area contributed by atoms with E-state index in [1.165, 1.54) is 19.1 Å². The minimum atomic E-state index is -0.877. The normalized spacial score (nSPS) is 12.2. The smallest absolute Gasteiger partial charge is 0.349 e. The van der Waals surface area contributed by atoms with Crippen molar-refractivity contribution in [3.05, 3.63) is 35.0 Å². The summed E-state index contributed by atoms with van der Waals surface area (Å²) < 4.78 is 19.3. The largest absolute Gasteiger partial charge is 0.448 e. The van der Waals surface area contributed by atoms with Gasteiger partial charge in [-0.2, -0.15) is 0 Å². The summed E-state index contributed by atoms with van der Waals surface area (Å²) in [5, 5.41) is 2.95. The third-order valence-corrected chi connectivity index (χ3v) is 3.79. The van der Waals surface area contributed by atoms with Gasteiger partial charge in [-0.3, -0.25) is 4.79 Å². The monoisotopic (exact) mass is 295 g/mol. The van der Waals surface area contributed by atoms with Gasteiger partial charge in [0, 0.05) is 16.6 Å². The van der Waals surface area contributed by atoms with E-state index in [9.17, 15) is 14.0 Å². The lowest BCUT2D eigenvalue weighted by Crippen LogP contribution is -2.35. The molecule has 0 aliphatic rings. The molecule has 0 saturated carbocycles. The SMILES string of the molecule is CCNC(=O)[C@H](C)OC(=O)c1cc2c(F)cccc2s1. The van der Waals surface area contributed by atoms with Crippen LogP contribution in [0.15, 0.2) is 24.3 Å². The second kappa shape index (κ2) is 6.00. The van der Waals surface area contributed by atoms with Gasteiger partial charge in [-0.15, -0.1) is 11.3 Å². The predicted octanol–water partition coefficient (Wildman–Crippen LogP) is 2.72. The van der Waals surface area contributed by atoms with E-state index in [0.29, 0.717) is 16.6 Å². The lowest BCUT2D eigenvalue weighted by atomic mass is 10.2. The molecule has 2 rings (SSSR count). The molecular formula is C14H14FNO3S. The Morgan fingerprint density at radius 1 is 1.45 bits per heavy atom. The first kappa shape index (κ1) is 14.5. The number of rotatable bonds is 4. The Bertz CT molecular complexity index is 653. The standard InChI is InChI=1S/C14H14FNO3S/c1-3-16-13(17)8(2)19-14(18)12-7-9-10(15)5-4-6-11(9)20-12/h4-8H,3H2,1-2H3,(H,16,17)/t8-/m0/s1. The zero-order valence-corrected chi connectivity index (χ0v) is 11.9. The third kappa shape index (κ3) is 2.96. The number of benzene rings is 1. The molecule has 0 bridgehead atoms. The molecule has 106 valence electrons. The van der Waals surface area contributed by atoms with Crippen molar-refractivity contribution in [2.75, 3.05) is 6.54 Å². The number of hydrogen-bond acceptors (Lipinski definition) is 4. The fraction of sp³-hybridized carbons (Fsp3) is 0.286. The van der Waals surface area contributed by atoms with Crippen molar-refractivity contribution in [2.24, 2.45) is 0 Å². The highest BCUT2D eigenvalue weighted by Gasteiger charge is 2.20. The summed E-state index contributed by atoms with van der Waals surface area (Å²) >= 11 is 1.14. The fourth-order valence-electron chi connectivity index (χ4n) is 1.72. The molecule has 0 spiro atoms. The van der Waals surface area contributed by atoms with Gasteiger partial charge < -0.3 is 10.1 Å². The van der Waals surface area contributed by atoms with Crippen molar-refractivity contribution < 1.29 is 18.7 Å². The van der Waals surface area contributed by atoms with Crippen LogP contribution in [-0.2, 0) is 9.53 Å². The molecule has 0 unspecified atom stereocenters. The van der Waals surface area contributed by atoms with Crippen LogP contribution in [0.1, 0.15) is 23.5 Å². The molecule has 20 heavy (non-hydrogen) atoms. The number of fused-ring (bicyclic) bond motifs is 1. The topological polar surface area (TPSA) is 55.4 Å². The van der Waals surface area contributed by atoms with Crippen LogP contribution in [0.3, 0.4) is 0 Å². The second-order valence-electron chi connectivity index (χ2n) is 4.20. The van der Waals surface area contributed by atoms with E-state index < -0.39 is 12.1 Å². The maximum absolute atomic E-state index is 13.5. The Balaban J connectivity index is 2.15. The number of thiophene rings is 1. The van der Waals surface area contributed by atoms with Crippen LogP contribution in [0.25, 0.3) is 10.1 Å². The summed E-state index contributed by atoms with van der Waals surface area (Å²) in [4.78, 5) is 23.7. The van der Waals surface area contributed by atoms with Gasteiger partial charge >= 0.3 is 5.97 Å². The van der Waals surface area contributed by atoms with E-state index in [0.717, 1.165) is 11.3 Å². The molecule has 0 fully saturated rings. The summed E-state index contributed by atoms with van der Waals surface area (Å²) in [6.07, 6.45) is -0.877. The molecule has 2 aromatic rings. The second-order valence-corrected chi connectivity index (χ2v) is 5.29. The van der Waals surface area contributed by atoms with Crippen LogP contribution in [0.2, 0.25) is 0 Å². The minimum Gasteiger partial charge on any atom is -0.448 e. The molecule has 4 nitrogen and oxygen atoms in total. The Morgan fingerprint density at radius 2 is 2.20 bits per heavy atom. The summed E-state index contributed by atoms with van der Waals surface area (Å²) in [5.41, 5.74) is 0. The fourth-order valence-corrected chi connectivity index (χ4v) is 2.67. The van der Waals surface area contributed by atoms with Gasteiger partial charge in [-0.05, 0) is 32.0 Å². The molecule has 0 aliphatic heterocycles. The quantitative estimate of drug-likeness (QED) is 0.882. The van der Waals surface area contributed by atoms with E-state index >= 15 is 0 Å². The van der Waals surface area contributed by atoms with Gasteiger partial charge in [-0.25, -0.2) is 9.18 Å². The highest BCUT2D eigenvalue weighted by molar-refractivity contribution is 7.20. The molecule has 1 amide bonds. The number of nitrogens with one attached hydrogen (secondary N) is 1. The van der Waals surface area contributed by atoms with E-state index in [4.69, 9.17) is 4.74 Å². The van der Waals surface area contributed by atoms with Crippen LogP contribution in [0, 0.1) is 5.82 Å². The van der Waals surface area contributed by atoms with Crippen LogP contribution >= 0.6 is 11.3 Å². The number of halogens is 1. The molecular weight excluding hydrogens is 281 g/mol. The Morgan fingerprint density at radius 3 is 2.85 bits per heavy atom. The highest BCUT2D eigenvalue weighted by Crippen LogP contribution is 2.28. The average molecular weight is 295 g/mol. The molecule has 1 N–H and O–H groups in total. The maximum atomic E-state index is 13.5. The van der Waals surface area contributed by atoms with Gasteiger partial charge in [0.1, 0.15) is 10.7 Å². The van der Waals surface area contributed by atoms with Crippen LogP contribution < -0.4 is 5.32 Å². The first-order valence-corrected chi connectivity index (χ1v) is 7.01. The number of likely N-dealkylation sites (N-methyl/N-ethyl adjacent to an activating group) is 1. The predicted molar refractivity (Wildman–Crippen MR) is 75.3 cm³/mol. The molecule has 0 aliphatic carbocycles. The molecule has 1 heterocycles. The number of esters is 1. The van der Waals surface area contributed by atoms with Crippen LogP contribution in [0.5, 0.6) is 0 Å². The van der Waals surface area contributed by atoms with Gasteiger partial charge in [0.25, 0.3) is 5.91 Å². The van der Waals surface area contributed by atoms with Crippen molar-refractivity contribution in [1.82, 2.24) is 5.32 Å². The van der Waals surface area contributed by atoms with Gasteiger partial charge in [-0.1, -0.05) is 6.07 Å². The van der Waals surface area contributed by atoms with Crippen molar-refractivity contribution in [1.29, 1.82) is 0 Å². The average Bonchev–Trinajstić information content (AvgIpc) is 2.84. The Hall–Kier alpha value is -1.95. The van der Waals surface area contributed by atoms with Crippen LogP contribution in [0.4, 0.5) is 4.39 Å². The molecule has 1 aromatic carbocycles. The summed E-state index contributed by atoms with van der Waals surface area (Å²) in [7, 11) is 0. The summed E-state index contributed by atoms with van der Waals surface area (Å²) in [5.74, 6) is -1.35. The molecule has 1 aromatic heterocycles. The van der Waals surface area contributed by atoms with E-state index in [1.54, 1.807) is 19.1 Å². The van der Waals surface area contributed by atoms with Crippen molar-refractivity contribution in [3.63, 3.8) is 0 Å². The first-order valence-electron chi connectivity index (χ1n) is 6.19. The van der Waals surface area contributed by atoms with E-state index in [-0.39, 0.29) is 16.6 Å². The molecule has 1 atom stereocenters. The Labute approximate surface area is 119 Å². The lowest BCUT2D eigenvalue weighted by molar-refractivity contribution is -0.128. The number of hydrogen-bond donors (Lipinski definition) is 1. The zero-order chi connectivity index (χ0) is 14.7. The summed E-state index contributed by atoms with van der Waals surface area (Å²) in [6, 6.07) is 6.09. The van der Waals surface area contributed by atoms with Crippen molar-refractivity contribution in [3.8, 4) is 0 Å². The van der Waals surface area contributed by atoms with Gasteiger partial charge in [0.05, 0.1) is 0 Å². The molecule has 0 saturated heterocycles. The maximum Gasteiger partial charge on any atom is 0.349 e. The molecule has 6 heteroatoms. The summed E-state index contributed by atoms with van der Waals surface area (Å²) in [6.45, 7) is 3.74. The number of ether oxygens (including phenoxy) is 1. The van der Waals surface area contributed by atoms with Gasteiger partial charge in [0.15, 0.2) is 6.10 Å². The van der Waals surface area contributed by atoms with Crippen molar-refractivity contribution >= 4 is 33.3 Å². The van der Waals surface area contributed by atoms with E-state index in [2.05, 4.69) is 5.32 Å². The van der Waals surface area contributed by atoms with Crippen LogP contribution in [-0.4, -0.2) is 24.5 Å². The molecule has 0 radical (unpaired) electrons. The minimum absolute atomic E-state index is 0.279. The van der Waals surface area contributed by atoms with Crippen molar-refractivity contribution in [2.45, 2.75) is 20.0 Å². The zero-order valence-electron chi connectivity index (χ0n) is 11.1.